The fourth-order valence-corrected chi connectivity index (χ4v) is 9.26. The minimum Gasteiger partial charge on any atom is -0.491 e. The van der Waals surface area contributed by atoms with Gasteiger partial charge in [-0.1, -0.05) is 36.7 Å². The first-order valence-corrected chi connectivity index (χ1v) is 19.3. The molecular formula is C38H47ClN4O5S. The Bertz CT molecular complexity index is 1840. The lowest BCUT2D eigenvalue weighted by atomic mass is 9.70. The monoisotopic (exact) mass is 706 g/mol. The first-order valence-electron chi connectivity index (χ1n) is 17.2. The maximum absolute atomic E-state index is 14.5. The number of halogens is 1. The highest BCUT2D eigenvalue weighted by Gasteiger charge is 2.38. The quantitative estimate of drug-likeness (QED) is 0.287. The number of allylic oxidation sites excluding steroid dienone is 1. The van der Waals surface area contributed by atoms with Crippen LogP contribution in [0.3, 0.4) is 0 Å². The summed E-state index contributed by atoms with van der Waals surface area (Å²) < 4.78 is 35.7. The van der Waals surface area contributed by atoms with Crippen LogP contribution >= 0.6 is 11.6 Å². The third-order valence-corrected chi connectivity index (χ3v) is 12.4. The molecule has 2 bridgehead atoms. The molecule has 2 aliphatic heterocycles. The van der Waals surface area contributed by atoms with E-state index in [0.29, 0.717) is 47.7 Å². The van der Waals surface area contributed by atoms with Crippen molar-refractivity contribution in [1.82, 2.24) is 9.29 Å². The van der Waals surface area contributed by atoms with Crippen LogP contribution in [0.4, 0.5) is 5.69 Å². The molecule has 1 unspecified atom stereocenters. The van der Waals surface area contributed by atoms with Crippen LogP contribution in [0.25, 0.3) is 0 Å². The van der Waals surface area contributed by atoms with Gasteiger partial charge in [-0.3, -0.25) is 14.3 Å². The van der Waals surface area contributed by atoms with Crippen molar-refractivity contribution in [1.29, 1.82) is 0 Å². The second kappa shape index (κ2) is 15.1. The van der Waals surface area contributed by atoms with Gasteiger partial charge in [0.15, 0.2) is 0 Å². The highest BCUT2D eigenvalue weighted by Crippen LogP contribution is 2.42. The van der Waals surface area contributed by atoms with E-state index >= 15 is 0 Å². The Balaban J connectivity index is 1.45. The van der Waals surface area contributed by atoms with E-state index in [1.54, 1.807) is 25.4 Å². The number of methoxy groups -OCH3 is 1. The van der Waals surface area contributed by atoms with Gasteiger partial charge in [-0.15, -0.1) is 4.36 Å². The molecular weight excluding hydrogens is 660 g/mol. The highest BCUT2D eigenvalue weighted by atomic mass is 35.5. The number of fused-ring (bicyclic) bond motifs is 3. The van der Waals surface area contributed by atoms with Gasteiger partial charge >= 0.3 is 0 Å². The Hall–Kier alpha value is -3.60. The van der Waals surface area contributed by atoms with Gasteiger partial charge in [-0.05, 0) is 111 Å². The molecule has 1 N–H and O–H groups in total. The van der Waals surface area contributed by atoms with E-state index in [2.05, 4.69) is 38.3 Å². The molecule has 262 valence electrons. The van der Waals surface area contributed by atoms with Crippen LogP contribution in [0.15, 0.2) is 65.2 Å². The minimum atomic E-state index is -3.51. The summed E-state index contributed by atoms with van der Waals surface area (Å²) in [6, 6.07) is 13.1. The minimum absolute atomic E-state index is 0.0177. The molecule has 1 saturated carbocycles. The molecule has 2 amide bonds. The molecule has 3 aliphatic rings. The molecule has 0 saturated heterocycles. The van der Waals surface area contributed by atoms with Gasteiger partial charge in [0.2, 0.25) is 0 Å². The van der Waals surface area contributed by atoms with Gasteiger partial charge in [0, 0.05) is 49.7 Å². The summed E-state index contributed by atoms with van der Waals surface area (Å²) in [4.78, 5) is 29.6. The smallest absolute Gasteiger partial charge is 0.286 e. The molecule has 1 aromatic heterocycles. The zero-order valence-electron chi connectivity index (χ0n) is 28.8. The number of nitrogens with one attached hydrogen (secondary N) is 1. The third kappa shape index (κ3) is 8.24. The van der Waals surface area contributed by atoms with Gasteiger partial charge in [0.1, 0.15) is 15.7 Å². The van der Waals surface area contributed by atoms with Gasteiger partial charge in [-0.25, -0.2) is 4.21 Å². The van der Waals surface area contributed by atoms with Gasteiger partial charge < -0.3 is 18.9 Å². The lowest BCUT2D eigenvalue weighted by molar-refractivity contribution is 0.0133. The van der Waals surface area contributed by atoms with Crippen LogP contribution in [0.2, 0.25) is 5.02 Å². The van der Waals surface area contributed by atoms with E-state index in [9.17, 15) is 13.8 Å². The maximum Gasteiger partial charge on any atom is 0.286 e. The standard InChI is InChI=1S/C38H47ClN4O5S/c1-25-8-7-10-35(47-4)33-15-12-30(33)23-43-22-29-11-14-32(39)19-27(29)9-5-6-17-48-36-16-13-28(20-34(36)43)37(44)40-49(46,24-25)41-38(45)31-18-26(2)42(3)21-31/h7,10-11,13-14,16,18-21,25,30,33,35H,5-6,8-9,12,15,17,22-24H2,1-4H3,(H,40,41,44,45,46)/b10-7+/t25-,30-,33+,35-,49?/m0/s1. The van der Waals surface area contributed by atoms with Crippen molar-refractivity contribution < 1.29 is 23.3 Å². The average molecular weight is 707 g/mol. The molecule has 5 atom stereocenters. The molecule has 0 spiro atoms. The van der Waals surface area contributed by atoms with E-state index in [1.807, 2.05) is 43.7 Å². The highest BCUT2D eigenvalue weighted by molar-refractivity contribution is 7.92. The largest absolute Gasteiger partial charge is 0.491 e. The second-order valence-electron chi connectivity index (χ2n) is 13.9. The molecule has 3 aromatic rings. The number of hydrogen-bond donors (Lipinski definition) is 1. The summed E-state index contributed by atoms with van der Waals surface area (Å²) >= 11 is 6.46. The van der Waals surface area contributed by atoms with Crippen molar-refractivity contribution in [2.24, 2.45) is 29.2 Å². The summed E-state index contributed by atoms with van der Waals surface area (Å²) in [5.41, 5.74) is 4.72. The first kappa shape index (κ1) is 35.2. The lowest BCUT2D eigenvalue weighted by Crippen LogP contribution is -2.43. The SMILES string of the molecule is CO[C@H]1/C=C/C[C@H](C)CS(=O)(NC(=O)c2cc(C)n(C)c2)=NC(=O)c2ccc3c(c2)N(Cc2ccc(Cl)cc2CCCCO3)C[C@@H]2CC[C@H]21. The molecule has 49 heavy (non-hydrogen) atoms. The van der Waals surface area contributed by atoms with Crippen LogP contribution in [-0.2, 0) is 34.7 Å². The Kier molecular flexibility index (Phi) is 10.9. The second-order valence-corrected chi connectivity index (χ2v) is 16.3. The van der Waals surface area contributed by atoms with E-state index in [4.69, 9.17) is 21.1 Å². The zero-order chi connectivity index (χ0) is 34.7. The fourth-order valence-electron chi connectivity index (χ4n) is 7.18. The predicted molar refractivity (Wildman–Crippen MR) is 195 cm³/mol. The molecule has 0 radical (unpaired) electrons. The molecule has 1 aliphatic carbocycles. The van der Waals surface area contributed by atoms with Crippen LogP contribution < -0.4 is 14.4 Å². The van der Waals surface area contributed by atoms with Crippen molar-refractivity contribution in [2.45, 2.75) is 65.0 Å². The number of amides is 2. The number of aryl methyl sites for hydroxylation is 3. The summed E-state index contributed by atoms with van der Waals surface area (Å²) in [6.45, 7) is 5.73. The lowest BCUT2D eigenvalue weighted by Gasteiger charge is -2.43. The fraction of sp³-hybridized carbons (Fsp3) is 0.474. The summed E-state index contributed by atoms with van der Waals surface area (Å²) in [7, 11) is 0.0903. The summed E-state index contributed by atoms with van der Waals surface area (Å²) in [6.07, 6.45) is 11.3. The Labute approximate surface area is 295 Å². The van der Waals surface area contributed by atoms with Gasteiger partial charge in [0.05, 0.1) is 29.7 Å². The normalized spacial score (nSPS) is 26.9. The number of hydrogen-bond acceptors (Lipinski definition) is 6. The van der Waals surface area contributed by atoms with Crippen molar-refractivity contribution in [2.75, 3.05) is 30.9 Å². The van der Waals surface area contributed by atoms with Gasteiger partial charge in [-0.2, -0.15) is 0 Å². The van der Waals surface area contributed by atoms with Crippen molar-refractivity contribution >= 4 is 39.0 Å². The number of rotatable bonds is 3. The van der Waals surface area contributed by atoms with Crippen molar-refractivity contribution in [3.8, 4) is 5.75 Å². The third-order valence-electron chi connectivity index (χ3n) is 10.2. The molecule has 2 aromatic carbocycles. The summed E-state index contributed by atoms with van der Waals surface area (Å²) in [5, 5.41) is 0.717. The molecule has 1 fully saturated rings. The molecule has 9 nitrogen and oxygen atoms in total. The van der Waals surface area contributed by atoms with E-state index in [1.165, 1.54) is 11.1 Å². The van der Waals surface area contributed by atoms with Crippen LogP contribution in [0.1, 0.15) is 76.6 Å². The number of carbonyl (C=O) groups is 2. The number of carbonyl (C=O) groups excluding carboxylic acids is 2. The predicted octanol–water partition coefficient (Wildman–Crippen LogP) is 7.30. The number of anilines is 1. The van der Waals surface area contributed by atoms with Crippen LogP contribution in [0.5, 0.6) is 5.75 Å². The number of ether oxygens (including phenoxy) is 2. The van der Waals surface area contributed by atoms with Crippen LogP contribution in [-0.4, -0.2) is 52.7 Å². The average Bonchev–Trinajstić information content (AvgIpc) is 3.38. The van der Waals surface area contributed by atoms with Crippen molar-refractivity contribution in [3.63, 3.8) is 0 Å². The Morgan fingerprint density at radius 2 is 1.96 bits per heavy atom. The van der Waals surface area contributed by atoms with Crippen LogP contribution in [0, 0.1) is 24.7 Å². The van der Waals surface area contributed by atoms with E-state index < -0.39 is 21.7 Å². The molecule has 3 heterocycles. The van der Waals surface area contributed by atoms with Gasteiger partial charge in [0.25, 0.3) is 11.8 Å². The maximum atomic E-state index is 14.5. The number of nitrogens with zero attached hydrogens (tertiary/aromatic N) is 3. The zero-order valence-corrected chi connectivity index (χ0v) is 30.4. The molecule has 11 heteroatoms. The van der Waals surface area contributed by atoms with E-state index in [0.717, 1.165) is 50.0 Å². The Morgan fingerprint density at radius 1 is 1.12 bits per heavy atom. The topological polar surface area (TPSA) is 102 Å². The summed E-state index contributed by atoms with van der Waals surface area (Å²) in [5.74, 6) is 0.0981. The molecule has 6 rings (SSSR count). The first-order chi connectivity index (χ1) is 23.5. The van der Waals surface area contributed by atoms with Crippen molar-refractivity contribution in [3.05, 3.63) is 93.8 Å². The number of aromatic nitrogens is 1. The Morgan fingerprint density at radius 3 is 2.69 bits per heavy atom. The van der Waals surface area contributed by atoms with E-state index in [-0.39, 0.29) is 23.3 Å². The number of benzene rings is 2.